The quantitative estimate of drug-likeness (QED) is 0.369. The molecule has 6 heteroatoms. The standard InChI is InChI=1S/C21H15ClN4O/c22-20-21(25-19-12-5-4-11-18(19)24-20)26-23-14-15-7-6-10-17(13-15)27-16-8-2-1-3-9-16/h1-14H,(H,25,26)/b23-14+. The first-order valence-corrected chi connectivity index (χ1v) is 8.70. The van der Waals surface area contributed by atoms with Crippen LogP contribution in [0, 0.1) is 0 Å². The molecule has 0 saturated heterocycles. The maximum absolute atomic E-state index is 6.17. The molecule has 3 aromatic carbocycles. The number of aromatic nitrogens is 2. The lowest BCUT2D eigenvalue weighted by molar-refractivity contribution is 0.482. The molecule has 132 valence electrons. The topological polar surface area (TPSA) is 59.4 Å². The van der Waals surface area contributed by atoms with Crippen LogP contribution in [0.4, 0.5) is 5.82 Å². The van der Waals surface area contributed by atoms with Crippen molar-refractivity contribution in [2.24, 2.45) is 5.10 Å². The van der Waals surface area contributed by atoms with Gasteiger partial charge >= 0.3 is 0 Å². The summed E-state index contributed by atoms with van der Waals surface area (Å²) in [5, 5.41) is 4.48. The Labute approximate surface area is 161 Å². The molecule has 0 aliphatic rings. The molecule has 0 aliphatic heterocycles. The lowest BCUT2D eigenvalue weighted by atomic mass is 10.2. The average Bonchev–Trinajstić information content (AvgIpc) is 2.69. The van der Waals surface area contributed by atoms with Gasteiger partial charge in [0.15, 0.2) is 11.0 Å². The van der Waals surface area contributed by atoms with E-state index in [1.807, 2.05) is 78.9 Å². The van der Waals surface area contributed by atoms with Crippen molar-refractivity contribution < 1.29 is 4.74 Å². The molecule has 27 heavy (non-hydrogen) atoms. The Bertz CT molecular complexity index is 1100. The summed E-state index contributed by atoms with van der Waals surface area (Å²) >= 11 is 6.17. The molecule has 4 aromatic rings. The van der Waals surface area contributed by atoms with Gasteiger partial charge in [-0.15, -0.1) is 0 Å². The van der Waals surface area contributed by atoms with E-state index >= 15 is 0 Å². The van der Waals surface area contributed by atoms with E-state index in [4.69, 9.17) is 16.3 Å². The molecule has 0 spiro atoms. The van der Waals surface area contributed by atoms with Gasteiger partial charge in [-0.25, -0.2) is 9.97 Å². The van der Waals surface area contributed by atoms with Gasteiger partial charge < -0.3 is 4.74 Å². The number of hydrazone groups is 1. The molecule has 4 rings (SSSR count). The Morgan fingerprint density at radius 3 is 2.33 bits per heavy atom. The van der Waals surface area contributed by atoms with Gasteiger partial charge in [-0.1, -0.05) is 54.1 Å². The normalized spacial score (nSPS) is 11.0. The summed E-state index contributed by atoms with van der Waals surface area (Å²) in [5.41, 5.74) is 5.21. The van der Waals surface area contributed by atoms with Crippen molar-refractivity contribution >= 4 is 34.7 Å². The number of hydrogen-bond acceptors (Lipinski definition) is 5. The van der Waals surface area contributed by atoms with Gasteiger partial charge in [0.05, 0.1) is 17.2 Å². The van der Waals surface area contributed by atoms with Crippen molar-refractivity contribution in [3.63, 3.8) is 0 Å². The molecule has 0 amide bonds. The first-order valence-electron chi connectivity index (χ1n) is 8.32. The van der Waals surface area contributed by atoms with Crippen LogP contribution in [-0.4, -0.2) is 16.2 Å². The smallest absolute Gasteiger partial charge is 0.185 e. The first kappa shape index (κ1) is 17.0. The number of ether oxygens (including phenoxy) is 1. The number of halogens is 1. The highest BCUT2D eigenvalue weighted by molar-refractivity contribution is 6.32. The minimum atomic E-state index is 0.270. The highest BCUT2D eigenvalue weighted by Gasteiger charge is 2.05. The third-order valence-corrected chi connectivity index (χ3v) is 4.01. The van der Waals surface area contributed by atoms with Crippen LogP contribution in [0.2, 0.25) is 5.15 Å². The molecular weight excluding hydrogens is 360 g/mol. The Morgan fingerprint density at radius 2 is 1.52 bits per heavy atom. The number of hydrogen-bond donors (Lipinski definition) is 1. The lowest BCUT2D eigenvalue weighted by Gasteiger charge is -2.06. The molecule has 0 saturated carbocycles. The Hall–Kier alpha value is -3.44. The largest absolute Gasteiger partial charge is 0.457 e. The molecule has 0 atom stereocenters. The van der Waals surface area contributed by atoms with Crippen LogP contribution < -0.4 is 10.2 Å². The highest BCUT2D eigenvalue weighted by Crippen LogP contribution is 2.22. The first-order chi connectivity index (χ1) is 13.3. The summed E-state index contributed by atoms with van der Waals surface area (Å²) in [6.45, 7) is 0. The zero-order valence-corrected chi connectivity index (χ0v) is 15.0. The molecule has 1 N–H and O–H groups in total. The summed E-state index contributed by atoms with van der Waals surface area (Å²) < 4.78 is 5.83. The van der Waals surface area contributed by atoms with E-state index in [-0.39, 0.29) is 5.15 Å². The number of rotatable bonds is 5. The van der Waals surface area contributed by atoms with E-state index in [1.54, 1.807) is 6.21 Å². The van der Waals surface area contributed by atoms with E-state index in [9.17, 15) is 0 Å². The lowest BCUT2D eigenvalue weighted by Crippen LogP contribution is -1.97. The van der Waals surface area contributed by atoms with Gasteiger partial charge in [0.25, 0.3) is 0 Å². The predicted molar refractivity (Wildman–Crippen MR) is 109 cm³/mol. The van der Waals surface area contributed by atoms with Gasteiger partial charge in [-0.3, -0.25) is 5.43 Å². The van der Waals surface area contributed by atoms with E-state index in [2.05, 4.69) is 20.5 Å². The van der Waals surface area contributed by atoms with Crippen LogP contribution in [-0.2, 0) is 0 Å². The van der Waals surface area contributed by atoms with Crippen molar-refractivity contribution in [1.82, 2.24) is 9.97 Å². The molecule has 0 aliphatic carbocycles. The third-order valence-electron chi connectivity index (χ3n) is 3.75. The molecule has 0 unspecified atom stereocenters. The summed E-state index contributed by atoms with van der Waals surface area (Å²) in [5.74, 6) is 1.92. The van der Waals surface area contributed by atoms with Crippen molar-refractivity contribution in [2.75, 3.05) is 5.43 Å². The van der Waals surface area contributed by atoms with Gasteiger partial charge in [0, 0.05) is 0 Å². The number of benzene rings is 3. The molecule has 5 nitrogen and oxygen atoms in total. The molecule has 1 aromatic heterocycles. The van der Waals surface area contributed by atoms with Crippen LogP contribution >= 0.6 is 11.6 Å². The van der Waals surface area contributed by atoms with Gasteiger partial charge in [-0.05, 0) is 42.0 Å². The predicted octanol–water partition coefficient (Wildman–Crippen LogP) is 5.52. The minimum Gasteiger partial charge on any atom is -0.457 e. The summed E-state index contributed by atoms with van der Waals surface area (Å²) in [6.07, 6.45) is 1.67. The second-order valence-corrected chi connectivity index (χ2v) is 6.07. The average molecular weight is 375 g/mol. The van der Waals surface area contributed by atoms with E-state index in [0.29, 0.717) is 5.82 Å². The zero-order chi connectivity index (χ0) is 18.5. The van der Waals surface area contributed by atoms with Gasteiger partial charge in [0.2, 0.25) is 0 Å². The number of anilines is 1. The Balaban J connectivity index is 1.49. The van der Waals surface area contributed by atoms with Crippen molar-refractivity contribution in [2.45, 2.75) is 0 Å². The van der Waals surface area contributed by atoms with Gasteiger partial charge in [-0.2, -0.15) is 5.10 Å². The molecule has 1 heterocycles. The maximum atomic E-state index is 6.17. The number of fused-ring (bicyclic) bond motifs is 1. The van der Waals surface area contributed by atoms with Crippen LogP contribution in [0.5, 0.6) is 11.5 Å². The number of nitrogens with zero attached hydrogens (tertiary/aromatic N) is 3. The fraction of sp³-hybridized carbons (Fsp3) is 0. The zero-order valence-electron chi connectivity index (χ0n) is 14.2. The molecule has 0 radical (unpaired) electrons. The van der Waals surface area contributed by atoms with Crippen molar-refractivity contribution in [1.29, 1.82) is 0 Å². The SMILES string of the molecule is Clc1nc2ccccc2nc1N/N=C/c1cccc(Oc2ccccc2)c1. The third kappa shape index (κ3) is 4.22. The summed E-state index contributed by atoms with van der Waals surface area (Å²) in [4.78, 5) is 8.74. The molecule has 0 bridgehead atoms. The second kappa shape index (κ2) is 7.85. The fourth-order valence-electron chi connectivity index (χ4n) is 2.50. The molecular formula is C21H15ClN4O. The Morgan fingerprint density at radius 1 is 0.815 bits per heavy atom. The monoisotopic (exact) mass is 374 g/mol. The van der Waals surface area contributed by atoms with Crippen LogP contribution in [0.25, 0.3) is 11.0 Å². The highest BCUT2D eigenvalue weighted by atomic mass is 35.5. The van der Waals surface area contributed by atoms with Gasteiger partial charge in [0.1, 0.15) is 11.5 Å². The van der Waals surface area contributed by atoms with Crippen LogP contribution in [0.15, 0.2) is 84.0 Å². The Kier molecular flexibility index (Phi) is 4.94. The maximum Gasteiger partial charge on any atom is 0.185 e. The summed E-state index contributed by atoms with van der Waals surface area (Å²) in [7, 11) is 0. The minimum absolute atomic E-state index is 0.270. The number of para-hydroxylation sites is 3. The fourth-order valence-corrected chi connectivity index (χ4v) is 2.68. The molecule has 0 fully saturated rings. The van der Waals surface area contributed by atoms with E-state index < -0.39 is 0 Å². The second-order valence-electron chi connectivity index (χ2n) is 5.71. The summed E-state index contributed by atoms with van der Waals surface area (Å²) in [6, 6.07) is 24.8. The van der Waals surface area contributed by atoms with Crippen LogP contribution in [0.3, 0.4) is 0 Å². The van der Waals surface area contributed by atoms with Crippen molar-refractivity contribution in [3.05, 3.63) is 89.6 Å². The van der Waals surface area contributed by atoms with Crippen molar-refractivity contribution in [3.8, 4) is 11.5 Å². The van der Waals surface area contributed by atoms with E-state index in [0.717, 1.165) is 28.1 Å². The number of nitrogens with one attached hydrogen (secondary N) is 1. The van der Waals surface area contributed by atoms with E-state index in [1.165, 1.54) is 0 Å². The van der Waals surface area contributed by atoms with Crippen LogP contribution in [0.1, 0.15) is 5.56 Å².